The maximum Gasteiger partial charge on any atom is 0.573 e. The fourth-order valence-corrected chi connectivity index (χ4v) is 3.73. The summed E-state index contributed by atoms with van der Waals surface area (Å²) in [5.74, 6) is -0.000309. The van der Waals surface area contributed by atoms with Gasteiger partial charge in [0.1, 0.15) is 0 Å². The Morgan fingerprint density at radius 1 is 0.903 bits per heavy atom. The van der Waals surface area contributed by atoms with Crippen molar-refractivity contribution >= 4 is 0 Å². The summed E-state index contributed by atoms with van der Waals surface area (Å²) < 4.78 is 54.7. The minimum Gasteiger partial charge on any atom is -0.403 e. The summed E-state index contributed by atoms with van der Waals surface area (Å²) in [5, 5.41) is 0. The number of hydrogen-bond donors (Lipinski definition) is 0. The number of nitrogens with zero attached hydrogens (tertiary/aromatic N) is 1. The number of benzene rings is 1. The van der Waals surface area contributed by atoms with E-state index in [-0.39, 0.29) is 5.92 Å². The molecule has 0 amide bonds. The third-order valence-electron chi connectivity index (χ3n) is 6.16. The quantitative estimate of drug-likeness (QED) is 0.360. The molecule has 0 N–H and O–H groups in total. The maximum atomic E-state index is 14.0. The van der Waals surface area contributed by atoms with E-state index in [0.717, 1.165) is 42.7 Å². The first kappa shape index (κ1) is 25.2. The Kier molecular flexibility index (Phi) is 8.90. The van der Waals surface area contributed by atoms with Gasteiger partial charge in [-0.25, -0.2) is 4.39 Å². The molecule has 1 aromatic heterocycles. The summed E-state index contributed by atoms with van der Waals surface area (Å²) in [7, 11) is 0. The Labute approximate surface area is 183 Å². The second-order valence-corrected chi connectivity index (χ2v) is 8.95. The monoisotopic (exact) mass is 439 g/mol. The average Bonchev–Trinajstić information content (AvgIpc) is 2.68. The van der Waals surface area contributed by atoms with Crippen LogP contribution < -0.4 is 4.74 Å². The highest BCUT2D eigenvalue weighted by molar-refractivity contribution is 5.30. The molecule has 2 aromatic rings. The van der Waals surface area contributed by atoms with E-state index in [1.54, 1.807) is 0 Å². The summed E-state index contributed by atoms with van der Waals surface area (Å²) in [6.07, 6.45) is 0.334. The lowest BCUT2D eigenvalue weighted by Crippen LogP contribution is -2.18. The van der Waals surface area contributed by atoms with E-state index in [0.29, 0.717) is 29.7 Å². The number of hydrogen-bond acceptors (Lipinski definition) is 2. The van der Waals surface area contributed by atoms with Crippen molar-refractivity contribution in [1.29, 1.82) is 0 Å². The summed E-state index contributed by atoms with van der Waals surface area (Å²) in [6.45, 7) is 10.9. The Hall–Kier alpha value is -2.11. The van der Waals surface area contributed by atoms with Gasteiger partial charge in [0.15, 0.2) is 11.6 Å². The topological polar surface area (TPSA) is 22.1 Å². The fraction of sp³-hybridized carbons (Fsp3) is 0.560. The minimum atomic E-state index is -4.90. The van der Waals surface area contributed by atoms with Crippen molar-refractivity contribution in [2.24, 2.45) is 23.7 Å². The first-order valence-corrected chi connectivity index (χ1v) is 11.0. The van der Waals surface area contributed by atoms with Gasteiger partial charge in [0.05, 0.1) is 0 Å². The highest BCUT2D eigenvalue weighted by atomic mass is 19.4. The second-order valence-electron chi connectivity index (χ2n) is 8.95. The Bertz CT molecular complexity index is 817. The minimum absolute atomic E-state index is 0.273. The van der Waals surface area contributed by atoms with Gasteiger partial charge in [0, 0.05) is 11.9 Å². The number of alkyl halides is 3. The first-order valence-electron chi connectivity index (χ1n) is 11.0. The van der Waals surface area contributed by atoms with Gasteiger partial charge in [-0.2, -0.15) is 0 Å². The predicted octanol–water partition coefficient (Wildman–Crippen LogP) is 7.40. The standard InChI is InChI=1S/C25H33F4NO/c1-6-21(13-19-8-10-24(23(26)14-19)31-25(27,28)29)18(5)11-20-7-9-22(30-15-20)12-17(4)16(2)3/h7-10,14-18,21H,6,11-13H2,1-5H3. The summed E-state index contributed by atoms with van der Waals surface area (Å²) in [6, 6.07) is 7.92. The summed E-state index contributed by atoms with van der Waals surface area (Å²) in [4.78, 5) is 4.62. The van der Waals surface area contributed by atoms with E-state index in [2.05, 4.69) is 56.5 Å². The number of rotatable bonds is 10. The summed E-state index contributed by atoms with van der Waals surface area (Å²) >= 11 is 0. The smallest absolute Gasteiger partial charge is 0.403 e. The van der Waals surface area contributed by atoms with Crippen LogP contribution in [0.3, 0.4) is 0 Å². The lowest BCUT2D eigenvalue weighted by Gasteiger charge is -2.23. The van der Waals surface area contributed by atoms with Crippen LogP contribution in [0.25, 0.3) is 0 Å². The van der Waals surface area contributed by atoms with Crippen molar-refractivity contribution in [2.45, 2.75) is 66.7 Å². The van der Waals surface area contributed by atoms with Crippen molar-refractivity contribution in [2.75, 3.05) is 0 Å². The third-order valence-corrected chi connectivity index (χ3v) is 6.16. The molecular formula is C25H33F4NO. The molecule has 3 unspecified atom stereocenters. The number of ether oxygens (including phenoxy) is 1. The van der Waals surface area contributed by atoms with Crippen LogP contribution in [0.2, 0.25) is 0 Å². The molecule has 0 aliphatic heterocycles. The molecule has 0 radical (unpaired) electrons. The van der Waals surface area contributed by atoms with Crippen LogP contribution in [0, 0.1) is 29.5 Å². The number of pyridine rings is 1. The molecule has 6 heteroatoms. The van der Waals surface area contributed by atoms with Crippen molar-refractivity contribution < 1.29 is 22.3 Å². The number of halogens is 4. The molecule has 0 saturated carbocycles. The molecule has 0 aliphatic carbocycles. The van der Waals surface area contributed by atoms with Gasteiger partial charge in [-0.3, -0.25) is 4.98 Å². The van der Waals surface area contributed by atoms with Gasteiger partial charge >= 0.3 is 6.36 Å². The molecule has 1 heterocycles. The summed E-state index contributed by atoms with van der Waals surface area (Å²) in [5.41, 5.74) is 2.93. The molecule has 0 bridgehead atoms. The van der Waals surface area contributed by atoms with Crippen molar-refractivity contribution in [3.8, 4) is 5.75 Å². The van der Waals surface area contributed by atoms with E-state index in [4.69, 9.17) is 0 Å². The van der Waals surface area contributed by atoms with E-state index in [9.17, 15) is 17.6 Å². The van der Waals surface area contributed by atoms with Gasteiger partial charge in [-0.15, -0.1) is 13.2 Å². The van der Waals surface area contributed by atoms with Crippen LogP contribution in [0.15, 0.2) is 36.5 Å². The van der Waals surface area contributed by atoms with E-state index in [1.165, 1.54) is 6.07 Å². The Morgan fingerprint density at radius 3 is 2.10 bits per heavy atom. The molecule has 31 heavy (non-hydrogen) atoms. The van der Waals surface area contributed by atoms with Crippen molar-refractivity contribution in [3.05, 3.63) is 59.2 Å². The molecule has 0 spiro atoms. The van der Waals surface area contributed by atoms with Gasteiger partial charge < -0.3 is 4.74 Å². The Balaban J connectivity index is 1.99. The molecule has 0 fully saturated rings. The fourth-order valence-electron chi connectivity index (χ4n) is 3.73. The molecule has 2 rings (SSSR count). The largest absolute Gasteiger partial charge is 0.573 e. The van der Waals surface area contributed by atoms with Gasteiger partial charge in [-0.1, -0.05) is 53.2 Å². The Morgan fingerprint density at radius 2 is 1.58 bits per heavy atom. The first-order chi connectivity index (χ1) is 14.5. The van der Waals surface area contributed by atoms with Crippen LogP contribution in [-0.2, 0) is 19.3 Å². The maximum absolute atomic E-state index is 14.0. The van der Waals surface area contributed by atoms with Crippen LogP contribution in [-0.4, -0.2) is 11.3 Å². The van der Waals surface area contributed by atoms with Crippen molar-refractivity contribution in [3.63, 3.8) is 0 Å². The zero-order chi connectivity index (χ0) is 23.2. The van der Waals surface area contributed by atoms with Crippen LogP contribution in [0.4, 0.5) is 17.6 Å². The van der Waals surface area contributed by atoms with Gasteiger partial charge in [0.2, 0.25) is 0 Å². The molecule has 1 aromatic carbocycles. The zero-order valence-electron chi connectivity index (χ0n) is 19.0. The lowest BCUT2D eigenvalue weighted by atomic mass is 9.82. The average molecular weight is 440 g/mol. The number of aromatic nitrogens is 1. The van der Waals surface area contributed by atoms with Crippen molar-refractivity contribution in [1.82, 2.24) is 4.98 Å². The van der Waals surface area contributed by atoms with E-state index < -0.39 is 17.9 Å². The third kappa shape index (κ3) is 8.15. The highest BCUT2D eigenvalue weighted by Gasteiger charge is 2.32. The van der Waals surface area contributed by atoms with E-state index >= 15 is 0 Å². The van der Waals surface area contributed by atoms with Crippen LogP contribution in [0.1, 0.15) is 57.9 Å². The van der Waals surface area contributed by atoms with Gasteiger partial charge in [-0.05, 0) is 72.3 Å². The zero-order valence-corrected chi connectivity index (χ0v) is 19.0. The molecule has 0 saturated heterocycles. The predicted molar refractivity (Wildman–Crippen MR) is 115 cm³/mol. The highest BCUT2D eigenvalue weighted by Crippen LogP contribution is 2.29. The molecule has 2 nitrogen and oxygen atoms in total. The van der Waals surface area contributed by atoms with Gasteiger partial charge in [0.25, 0.3) is 0 Å². The molecule has 3 atom stereocenters. The molecule has 172 valence electrons. The van der Waals surface area contributed by atoms with Crippen LogP contribution in [0.5, 0.6) is 5.75 Å². The second kappa shape index (κ2) is 11.0. The SMILES string of the molecule is CCC(Cc1ccc(OC(F)(F)F)c(F)c1)C(C)Cc1ccc(CC(C)C(C)C)nc1. The lowest BCUT2D eigenvalue weighted by molar-refractivity contribution is -0.275. The van der Waals surface area contributed by atoms with Crippen LogP contribution >= 0.6 is 0 Å². The molecule has 0 aliphatic rings. The van der Waals surface area contributed by atoms with E-state index in [1.807, 2.05) is 6.20 Å². The molecular weight excluding hydrogens is 406 g/mol. The normalized spacial score (nSPS) is 15.0.